The van der Waals surface area contributed by atoms with Crippen molar-refractivity contribution in [3.63, 3.8) is 0 Å². The van der Waals surface area contributed by atoms with E-state index in [1.807, 2.05) is 13.0 Å². The molecule has 0 radical (unpaired) electrons. The molecule has 150 valence electrons. The second kappa shape index (κ2) is 9.05. The van der Waals surface area contributed by atoms with E-state index in [1.54, 1.807) is 12.1 Å². The molecule has 2 rings (SSSR count). The number of sulfonamides is 1. The predicted molar refractivity (Wildman–Crippen MR) is 102 cm³/mol. The van der Waals surface area contributed by atoms with Gasteiger partial charge < -0.3 is 20.7 Å². The Labute approximate surface area is 159 Å². The van der Waals surface area contributed by atoms with Crippen LogP contribution in [0.1, 0.15) is 18.4 Å². The van der Waals surface area contributed by atoms with Crippen molar-refractivity contribution < 1.29 is 22.7 Å². The first-order valence-electron chi connectivity index (χ1n) is 8.63. The van der Waals surface area contributed by atoms with Gasteiger partial charge in [-0.3, -0.25) is 4.79 Å². The van der Waals surface area contributed by atoms with Crippen LogP contribution in [0.3, 0.4) is 0 Å². The van der Waals surface area contributed by atoms with Gasteiger partial charge >= 0.3 is 6.03 Å². The van der Waals surface area contributed by atoms with Crippen molar-refractivity contribution in [3.8, 4) is 5.75 Å². The van der Waals surface area contributed by atoms with E-state index in [-0.39, 0.29) is 18.5 Å². The van der Waals surface area contributed by atoms with Gasteiger partial charge in [0.25, 0.3) is 0 Å². The summed E-state index contributed by atoms with van der Waals surface area (Å²) < 4.78 is 29.6. The Balaban J connectivity index is 1.76. The molecule has 0 saturated carbocycles. The zero-order chi connectivity index (χ0) is 20.0. The predicted octanol–water partition coefficient (Wildman–Crippen LogP) is 0.665. The number of hydrogen-bond donors (Lipinski definition) is 3. The minimum Gasteiger partial charge on any atom is -0.495 e. The summed E-state index contributed by atoms with van der Waals surface area (Å²) in [6, 6.07) is 4.83. The summed E-state index contributed by atoms with van der Waals surface area (Å²) >= 11 is 0. The molecule has 3 N–H and O–H groups in total. The van der Waals surface area contributed by atoms with E-state index in [0.29, 0.717) is 37.4 Å². The summed E-state index contributed by atoms with van der Waals surface area (Å²) in [7, 11) is -1.68. The first-order valence-corrected chi connectivity index (χ1v) is 10.5. The fourth-order valence-corrected chi connectivity index (χ4v) is 3.72. The van der Waals surface area contributed by atoms with Gasteiger partial charge in [0.05, 0.1) is 25.6 Å². The number of hydrogen-bond acceptors (Lipinski definition) is 5. The molecule has 27 heavy (non-hydrogen) atoms. The molecule has 1 aromatic carbocycles. The fourth-order valence-electron chi connectivity index (χ4n) is 2.84. The monoisotopic (exact) mass is 398 g/mol. The van der Waals surface area contributed by atoms with Gasteiger partial charge in [-0.15, -0.1) is 0 Å². The van der Waals surface area contributed by atoms with Gasteiger partial charge in [0, 0.05) is 19.1 Å². The summed E-state index contributed by atoms with van der Waals surface area (Å²) in [5.41, 5.74) is 1.51. The standard InChI is InChI=1S/C17H26N4O5S/c1-12-4-5-15(26-2)14(10-12)20-16(22)11-18-17(23)19-13-6-8-21(9-7-13)27(3,24)25/h4-5,10,13H,6-9,11H2,1-3H3,(H,20,22)(H2,18,19,23). The lowest BCUT2D eigenvalue weighted by molar-refractivity contribution is -0.115. The van der Waals surface area contributed by atoms with Crippen molar-refractivity contribution in [1.82, 2.24) is 14.9 Å². The molecule has 1 aromatic rings. The van der Waals surface area contributed by atoms with E-state index in [1.165, 1.54) is 17.7 Å². The summed E-state index contributed by atoms with van der Waals surface area (Å²) in [5, 5.41) is 7.98. The van der Waals surface area contributed by atoms with E-state index in [4.69, 9.17) is 4.74 Å². The first-order chi connectivity index (χ1) is 12.7. The van der Waals surface area contributed by atoms with Gasteiger partial charge in [-0.1, -0.05) is 6.07 Å². The second-order valence-corrected chi connectivity index (χ2v) is 8.50. The van der Waals surface area contributed by atoms with Crippen molar-refractivity contribution in [3.05, 3.63) is 23.8 Å². The van der Waals surface area contributed by atoms with Gasteiger partial charge in [-0.05, 0) is 37.5 Å². The van der Waals surface area contributed by atoms with Crippen LogP contribution in [0.25, 0.3) is 0 Å². The molecule has 1 aliphatic heterocycles. The molecular formula is C17H26N4O5S. The number of amides is 3. The highest BCUT2D eigenvalue weighted by molar-refractivity contribution is 7.88. The van der Waals surface area contributed by atoms with Crippen molar-refractivity contribution in [1.29, 1.82) is 0 Å². The smallest absolute Gasteiger partial charge is 0.315 e. The summed E-state index contributed by atoms with van der Waals surface area (Å²) in [6.07, 6.45) is 2.25. The van der Waals surface area contributed by atoms with Crippen LogP contribution in [0.15, 0.2) is 18.2 Å². The van der Waals surface area contributed by atoms with Crippen LogP contribution in [-0.2, 0) is 14.8 Å². The minimum absolute atomic E-state index is 0.122. The maximum Gasteiger partial charge on any atom is 0.315 e. The summed E-state index contributed by atoms with van der Waals surface area (Å²) in [6.45, 7) is 2.45. The van der Waals surface area contributed by atoms with Crippen molar-refractivity contribution in [2.24, 2.45) is 0 Å². The van der Waals surface area contributed by atoms with Crippen molar-refractivity contribution in [2.75, 3.05) is 38.3 Å². The van der Waals surface area contributed by atoms with Gasteiger partial charge in [0.1, 0.15) is 5.75 Å². The lowest BCUT2D eigenvalue weighted by atomic mass is 10.1. The molecule has 1 aliphatic rings. The quantitative estimate of drug-likeness (QED) is 0.651. The molecule has 9 nitrogen and oxygen atoms in total. The molecule has 0 aliphatic carbocycles. The van der Waals surface area contributed by atoms with Crippen LogP contribution in [-0.4, -0.2) is 63.7 Å². The Morgan fingerprint density at radius 3 is 2.52 bits per heavy atom. The molecule has 0 bridgehead atoms. The molecule has 1 saturated heterocycles. The number of piperidine rings is 1. The van der Waals surface area contributed by atoms with Crippen LogP contribution >= 0.6 is 0 Å². The summed E-state index contributed by atoms with van der Waals surface area (Å²) in [5.74, 6) is 0.164. The Hall–Kier alpha value is -2.33. The van der Waals surface area contributed by atoms with Gasteiger partial charge in [0.15, 0.2) is 0 Å². The molecule has 0 spiro atoms. The van der Waals surface area contributed by atoms with Gasteiger partial charge in [-0.25, -0.2) is 17.5 Å². The lowest BCUT2D eigenvalue weighted by Gasteiger charge is -2.30. The number of rotatable bonds is 6. The van der Waals surface area contributed by atoms with E-state index in [2.05, 4.69) is 16.0 Å². The Morgan fingerprint density at radius 2 is 1.93 bits per heavy atom. The third-order valence-corrected chi connectivity index (χ3v) is 5.60. The highest BCUT2D eigenvalue weighted by Gasteiger charge is 2.25. The number of carbonyl (C=O) groups is 2. The molecule has 0 aromatic heterocycles. The second-order valence-electron chi connectivity index (χ2n) is 6.52. The number of methoxy groups -OCH3 is 1. The topological polar surface area (TPSA) is 117 Å². The largest absolute Gasteiger partial charge is 0.495 e. The van der Waals surface area contributed by atoms with E-state index < -0.39 is 16.1 Å². The average Bonchev–Trinajstić information content (AvgIpc) is 2.60. The van der Waals surface area contributed by atoms with Gasteiger partial charge in [0.2, 0.25) is 15.9 Å². The molecule has 3 amide bonds. The van der Waals surface area contributed by atoms with E-state index >= 15 is 0 Å². The van der Waals surface area contributed by atoms with Gasteiger partial charge in [-0.2, -0.15) is 0 Å². The molecule has 10 heteroatoms. The highest BCUT2D eigenvalue weighted by atomic mass is 32.2. The minimum atomic E-state index is -3.20. The number of urea groups is 1. The van der Waals surface area contributed by atoms with Crippen molar-refractivity contribution >= 4 is 27.6 Å². The Bertz CT molecular complexity index is 789. The van der Waals surface area contributed by atoms with Crippen LogP contribution in [0.4, 0.5) is 10.5 Å². The lowest BCUT2D eigenvalue weighted by Crippen LogP contribution is -2.49. The number of anilines is 1. The number of nitrogens with one attached hydrogen (secondary N) is 3. The van der Waals surface area contributed by atoms with Crippen LogP contribution < -0.4 is 20.7 Å². The maximum absolute atomic E-state index is 12.1. The van der Waals surface area contributed by atoms with Crippen LogP contribution in [0.5, 0.6) is 5.75 Å². The SMILES string of the molecule is COc1ccc(C)cc1NC(=O)CNC(=O)NC1CCN(S(C)(=O)=O)CC1. The number of ether oxygens (including phenoxy) is 1. The van der Waals surface area contributed by atoms with Crippen LogP contribution in [0.2, 0.25) is 0 Å². The maximum atomic E-state index is 12.1. The van der Waals surface area contributed by atoms with E-state index in [9.17, 15) is 18.0 Å². The zero-order valence-electron chi connectivity index (χ0n) is 15.7. The Kier molecular flexibility index (Phi) is 7.03. The molecular weight excluding hydrogens is 372 g/mol. The molecule has 1 heterocycles. The summed E-state index contributed by atoms with van der Waals surface area (Å²) in [4.78, 5) is 24.0. The highest BCUT2D eigenvalue weighted by Crippen LogP contribution is 2.24. The Morgan fingerprint density at radius 1 is 1.26 bits per heavy atom. The average molecular weight is 398 g/mol. The number of carbonyl (C=O) groups excluding carboxylic acids is 2. The number of benzene rings is 1. The number of aryl methyl sites for hydroxylation is 1. The normalized spacial score (nSPS) is 15.8. The third kappa shape index (κ3) is 6.40. The number of nitrogens with zero attached hydrogens (tertiary/aromatic N) is 1. The molecule has 0 atom stereocenters. The fraction of sp³-hybridized carbons (Fsp3) is 0.529. The third-order valence-electron chi connectivity index (χ3n) is 4.30. The van der Waals surface area contributed by atoms with E-state index in [0.717, 1.165) is 5.56 Å². The first kappa shape index (κ1) is 21.0. The molecule has 1 fully saturated rings. The zero-order valence-corrected chi connectivity index (χ0v) is 16.6. The van der Waals surface area contributed by atoms with Crippen molar-refractivity contribution in [2.45, 2.75) is 25.8 Å². The molecule has 0 unspecified atom stereocenters. The van der Waals surface area contributed by atoms with Crippen LogP contribution in [0, 0.1) is 6.92 Å².